The van der Waals surface area contributed by atoms with E-state index in [9.17, 15) is 4.39 Å². The van der Waals surface area contributed by atoms with Crippen molar-refractivity contribution in [3.05, 3.63) is 65.2 Å². The van der Waals surface area contributed by atoms with Gasteiger partial charge >= 0.3 is 0 Å². The maximum Gasteiger partial charge on any atom is 0.191 e. The van der Waals surface area contributed by atoms with E-state index in [2.05, 4.69) is 33.6 Å². The summed E-state index contributed by atoms with van der Waals surface area (Å²) >= 11 is 0. The minimum absolute atomic E-state index is 0.0431. The lowest BCUT2D eigenvalue weighted by Crippen LogP contribution is -2.42. The second kappa shape index (κ2) is 7.64. The highest BCUT2D eigenvalue weighted by molar-refractivity contribution is 5.79. The van der Waals surface area contributed by atoms with Crippen molar-refractivity contribution < 1.29 is 4.39 Å². The number of nitrogens with one attached hydrogen (secondary N) is 2. The van der Waals surface area contributed by atoms with Gasteiger partial charge in [-0.05, 0) is 61.1 Å². The fraction of sp³-hybridized carbons (Fsp3) is 0.400. The van der Waals surface area contributed by atoms with E-state index < -0.39 is 0 Å². The van der Waals surface area contributed by atoms with Gasteiger partial charge in [0.05, 0.1) is 0 Å². The number of aromatic nitrogens is 1. The number of hydrogen-bond donors (Lipinski definition) is 2. The van der Waals surface area contributed by atoms with E-state index in [1.165, 1.54) is 17.2 Å². The van der Waals surface area contributed by atoms with Crippen LogP contribution in [0.15, 0.2) is 47.7 Å². The Balaban J connectivity index is 1.51. The molecule has 1 aliphatic carbocycles. The lowest BCUT2D eigenvalue weighted by Gasteiger charge is -2.19. The van der Waals surface area contributed by atoms with Crippen LogP contribution in [0.4, 0.5) is 4.39 Å². The van der Waals surface area contributed by atoms with Crippen molar-refractivity contribution in [1.29, 1.82) is 0 Å². The van der Waals surface area contributed by atoms with Crippen LogP contribution in [-0.2, 0) is 11.8 Å². The Hall–Kier alpha value is -2.43. The number of guanidine groups is 1. The second-order valence-electron chi connectivity index (χ2n) is 6.70. The third-order valence-corrected chi connectivity index (χ3v) is 4.93. The van der Waals surface area contributed by atoms with Gasteiger partial charge in [-0.3, -0.25) is 9.98 Å². The Labute approximate surface area is 148 Å². The van der Waals surface area contributed by atoms with Crippen LogP contribution in [0.2, 0.25) is 0 Å². The number of rotatable bonds is 6. The molecule has 0 amide bonds. The molecule has 0 spiro atoms. The van der Waals surface area contributed by atoms with E-state index in [4.69, 9.17) is 0 Å². The highest BCUT2D eigenvalue weighted by Gasteiger charge is 2.44. The first-order valence-corrected chi connectivity index (χ1v) is 8.73. The smallest absolute Gasteiger partial charge is 0.191 e. The quantitative estimate of drug-likeness (QED) is 0.628. The summed E-state index contributed by atoms with van der Waals surface area (Å²) < 4.78 is 13.5. The monoisotopic (exact) mass is 340 g/mol. The van der Waals surface area contributed by atoms with E-state index in [1.807, 2.05) is 18.5 Å². The number of hydrogen-bond acceptors (Lipinski definition) is 2. The minimum atomic E-state index is -0.168. The molecule has 1 heterocycles. The number of aryl methyl sites for hydroxylation is 1. The molecular weight excluding hydrogens is 315 g/mol. The van der Waals surface area contributed by atoms with Gasteiger partial charge in [0.25, 0.3) is 0 Å². The molecule has 1 fully saturated rings. The van der Waals surface area contributed by atoms with Crippen molar-refractivity contribution in [2.75, 3.05) is 20.1 Å². The first kappa shape index (κ1) is 17.4. The van der Waals surface area contributed by atoms with Gasteiger partial charge < -0.3 is 10.6 Å². The average Bonchev–Trinajstić information content (AvgIpc) is 3.41. The Kier molecular flexibility index (Phi) is 5.31. The molecule has 4 nitrogen and oxygen atoms in total. The lowest BCUT2D eigenvalue weighted by molar-refractivity contribution is 0.607. The number of benzene rings is 1. The number of halogens is 1. The average molecular weight is 340 g/mol. The van der Waals surface area contributed by atoms with Crippen LogP contribution in [0.5, 0.6) is 0 Å². The zero-order valence-electron chi connectivity index (χ0n) is 14.8. The summed E-state index contributed by atoms with van der Waals surface area (Å²) in [6.07, 6.45) is 6.79. The summed E-state index contributed by atoms with van der Waals surface area (Å²) in [6, 6.07) is 9.00. The molecule has 0 saturated heterocycles. The lowest BCUT2D eigenvalue weighted by atomic mass is 9.96. The van der Waals surface area contributed by atoms with Crippen molar-refractivity contribution >= 4 is 5.96 Å². The van der Waals surface area contributed by atoms with Gasteiger partial charge in [-0.1, -0.05) is 12.1 Å². The molecule has 25 heavy (non-hydrogen) atoms. The first-order chi connectivity index (χ1) is 12.1. The number of pyridine rings is 1. The summed E-state index contributed by atoms with van der Waals surface area (Å²) in [7, 11) is 1.77. The third-order valence-electron chi connectivity index (χ3n) is 4.93. The van der Waals surface area contributed by atoms with E-state index in [1.54, 1.807) is 19.2 Å². The molecule has 2 N–H and O–H groups in total. The predicted octanol–water partition coefficient (Wildman–Crippen LogP) is 2.97. The van der Waals surface area contributed by atoms with Crippen LogP contribution < -0.4 is 10.6 Å². The Morgan fingerprint density at radius 2 is 2.12 bits per heavy atom. The van der Waals surface area contributed by atoms with Gasteiger partial charge in [-0.2, -0.15) is 0 Å². The fourth-order valence-electron chi connectivity index (χ4n) is 3.11. The molecule has 1 aromatic carbocycles. The Morgan fingerprint density at radius 3 is 2.80 bits per heavy atom. The van der Waals surface area contributed by atoms with E-state index in [0.717, 1.165) is 43.9 Å². The van der Waals surface area contributed by atoms with Gasteiger partial charge in [-0.15, -0.1) is 0 Å². The van der Waals surface area contributed by atoms with Crippen molar-refractivity contribution in [3.63, 3.8) is 0 Å². The van der Waals surface area contributed by atoms with Crippen LogP contribution in [0.3, 0.4) is 0 Å². The van der Waals surface area contributed by atoms with Crippen LogP contribution >= 0.6 is 0 Å². The molecule has 0 bridgehead atoms. The van der Waals surface area contributed by atoms with Gasteiger partial charge in [0.15, 0.2) is 5.96 Å². The molecule has 1 aliphatic rings. The molecule has 0 aliphatic heterocycles. The van der Waals surface area contributed by atoms with Crippen molar-refractivity contribution in [3.8, 4) is 0 Å². The second-order valence-corrected chi connectivity index (χ2v) is 6.70. The third kappa shape index (κ3) is 4.35. The maximum absolute atomic E-state index is 13.5. The van der Waals surface area contributed by atoms with E-state index in [-0.39, 0.29) is 11.2 Å². The highest BCUT2D eigenvalue weighted by atomic mass is 19.1. The molecular formula is C20H25FN4. The Bertz CT molecular complexity index is 753. The van der Waals surface area contributed by atoms with Crippen LogP contribution in [-0.4, -0.2) is 31.1 Å². The van der Waals surface area contributed by atoms with Crippen LogP contribution in [0.25, 0.3) is 0 Å². The van der Waals surface area contributed by atoms with E-state index in [0.29, 0.717) is 0 Å². The molecule has 2 aromatic rings. The number of nitrogens with zero attached hydrogens (tertiary/aromatic N) is 2. The molecule has 0 radical (unpaired) electrons. The van der Waals surface area contributed by atoms with Gasteiger partial charge in [0.1, 0.15) is 5.82 Å². The molecule has 3 rings (SSSR count). The summed E-state index contributed by atoms with van der Waals surface area (Å²) in [6.45, 7) is 3.65. The molecule has 1 saturated carbocycles. The largest absolute Gasteiger partial charge is 0.356 e. The van der Waals surface area contributed by atoms with Gasteiger partial charge in [0, 0.05) is 37.9 Å². The summed E-state index contributed by atoms with van der Waals surface area (Å²) in [5.74, 6) is 0.619. The molecule has 0 unspecified atom stereocenters. The number of aliphatic imine (C=N–C) groups is 1. The normalized spacial score (nSPS) is 15.7. The van der Waals surface area contributed by atoms with E-state index >= 15 is 0 Å². The SMILES string of the molecule is CN=C(NCCc1ccncc1C)NCC1(c2cccc(F)c2)CC1. The standard InChI is InChI=1S/C20H25FN4/c1-15-13-23-10-6-16(15)7-11-24-19(22-2)25-14-20(8-9-20)17-4-3-5-18(21)12-17/h3-6,10,12-13H,7-9,11,14H2,1-2H3,(H2,22,24,25). The van der Waals surface area contributed by atoms with Crippen LogP contribution in [0.1, 0.15) is 29.5 Å². The van der Waals surface area contributed by atoms with Crippen LogP contribution in [0, 0.1) is 12.7 Å². The molecule has 1 aromatic heterocycles. The van der Waals surface area contributed by atoms with Crippen molar-refractivity contribution in [1.82, 2.24) is 15.6 Å². The zero-order chi connectivity index (χ0) is 17.7. The minimum Gasteiger partial charge on any atom is -0.356 e. The molecule has 0 atom stereocenters. The van der Waals surface area contributed by atoms with Gasteiger partial charge in [0.2, 0.25) is 0 Å². The fourth-order valence-corrected chi connectivity index (χ4v) is 3.11. The van der Waals surface area contributed by atoms with Gasteiger partial charge in [-0.25, -0.2) is 4.39 Å². The van der Waals surface area contributed by atoms with Crippen molar-refractivity contribution in [2.45, 2.75) is 31.6 Å². The summed E-state index contributed by atoms with van der Waals surface area (Å²) in [4.78, 5) is 8.41. The predicted molar refractivity (Wildman–Crippen MR) is 99.4 cm³/mol. The molecule has 5 heteroatoms. The highest BCUT2D eigenvalue weighted by Crippen LogP contribution is 2.47. The van der Waals surface area contributed by atoms with Crippen molar-refractivity contribution in [2.24, 2.45) is 4.99 Å². The summed E-state index contributed by atoms with van der Waals surface area (Å²) in [5, 5.41) is 6.75. The first-order valence-electron chi connectivity index (χ1n) is 8.73. The summed E-state index contributed by atoms with van der Waals surface area (Å²) in [5.41, 5.74) is 3.61. The maximum atomic E-state index is 13.5. The topological polar surface area (TPSA) is 49.3 Å². The molecule has 132 valence electrons. The zero-order valence-corrected chi connectivity index (χ0v) is 14.8. The Morgan fingerprint density at radius 1 is 1.28 bits per heavy atom.